The molecule has 4 atom stereocenters. The number of hydrogen-bond donors (Lipinski definition) is 2. The van der Waals surface area contributed by atoms with E-state index in [2.05, 4.69) is 4.90 Å². The number of halogens is 4. The highest BCUT2D eigenvalue weighted by atomic mass is 19.4. The van der Waals surface area contributed by atoms with Gasteiger partial charge in [0.1, 0.15) is 5.82 Å². The van der Waals surface area contributed by atoms with E-state index in [0.29, 0.717) is 45.2 Å². The van der Waals surface area contributed by atoms with Crippen LogP contribution in [0.15, 0.2) is 18.2 Å². The molecule has 7 nitrogen and oxygen atoms in total. The summed E-state index contributed by atoms with van der Waals surface area (Å²) in [6.45, 7) is 3.13. The van der Waals surface area contributed by atoms with Gasteiger partial charge in [0.15, 0.2) is 0 Å². The molecule has 11 heteroatoms. The van der Waals surface area contributed by atoms with Crippen molar-refractivity contribution in [2.75, 3.05) is 39.4 Å². The fourth-order valence-corrected chi connectivity index (χ4v) is 4.98. The molecular formula is C21H26F4N2O5. The normalized spacial score (nSPS) is 28.5. The van der Waals surface area contributed by atoms with Crippen molar-refractivity contribution < 1.29 is 42.1 Å². The first kappa shape index (κ1) is 24.4. The van der Waals surface area contributed by atoms with Crippen molar-refractivity contribution in [2.45, 2.75) is 31.2 Å². The summed E-state index contributed by atoms with van der Waals surface area (Å²) in [5.74, 6) is -1.57. The first-order valence-electron chi connectivity index (χ1n) is 10.4. The van der Waals surface area contributed by atoms with Crippen LogP contribution in [0.25, 0.3) is 0 Å². The van der Waals surface area contributed by atoms with Crippen LogP contribution in [0, 0.1) is 17.7 Å². The Morgan fingerprint density at radius 3 is 2.31 bits per heavy atom. The SMILES string of the molecule is O=C(c1ccc(F)cc1C(F)(F)F)N1C[C@H]2C[C@@H](N3CCOCC3)[C@H](O)C[C@H]2C1.O=CO. The minimum atomic E-state index is -4.81. The number of carbonyl (C=O) groups is 2. The molecule has 0 unspecified atom stereocenters. The predicted octanol–water partition coefficient (Wildman–Crippen LogP) is 2.09. The standard InChI is InChI=1S/C20H24F4N2O3.CH2O2/c21-14-1-2-15(16(9-14)20(22,23)24)19(28)26-10-12-7-17(18(27)8-13(12)11-26)25-3-5-29-6-4-25;2-1-3/h1-2,9,12-13,17-18,27H,3-8,10-11H2;1H,(H,2,3)/t12-,13+,17-,18-;/m1./s1. The van der Waals surface area contributed by atoms with Gasteiger partial charge in [-0.25, -0.2) is 4.39 Å². The molecule has 1 aromatic carbocycles. The summed E-state index contributed by atoms with van der Waals surface area (Å²) < 4.78 is 58.6. The highest BCUT2D eigenvalue weighted by Crippen LogP contribution is 2.40. The Hall–Kier alpha value is -2.24. The van der Waals surface area contributed by atoms with E-state index in [9.17, 15) is 27.5 Å². The number of aliphatic hydroxyl groups excluding tert-OH is 1. The largest absolute Gasteiger partial charge is 0.483 e. The molecule has 0 aromatic heterocycles. The topological polar surface area (TPSA) is 90.3 Å². The van der Waals surface area contributed by atoms with Gasteiger partial charge in [0, 0.05) is 32.2 Å². The highest BCUT2D eigenvalue weighted by Gasteiger charge is 2.46. The average molecular weight is 462 g/mol. The maximum Gasteiger partial charge on any atom is 0.417 e. The number of amides is 1. The number of rotatable bonds is 2. The van der Waals surface area contributed by atoms with Gasteiger partial charge in [0.25, 0.3) is 12.4 Å². The van der Waals surface area contributed by atoms with Crippen LogP contribution in [0.1, 0.15) is 28.8 Å². The summed E-state index contributed by atoms with van der Waals surface area (Å²) in [5, 5.41) is 17.5. The zero-order chi connectivity index (χ0) is 23.5. The first-order valence-corrected chi connectivity index (χ1v) is 10.4. The number of ether oxygens (including phenoxy) is 1. The molecule has 0 radical (unpaired) electrons. The second-order valence-electron chi connectivity index (χ2n) is 8.28. The van der Waals surface area contributed by atoms with Gasteiger partial charge in [-0.15, -0.1) is 0 Å². The number of benzene rings is 1. The highest BCUT2D eigenvalue weighted by molar-refractivity contribution is 5.96. The van der Waals surface area contributed by atoms with Crippen LogP contribution in [0.3, 0.4) is 0 Å². The number of nitrogens with zero attached hydrogens (tertiary/aromatic N) is 2. The third-order valence-electron chi connectivity index (χ3n) is 6.43. The van der Waals surface area contributed by atoms with E-state index in [1.54, 1.807) is 0 Å². The summed E-state index contributed by atoms with van der Waals surface area (Å²) in [7, 11) is 0. The molecule has 32 heavy (non-hydrogen) atoms. The summed E-state index contributed by atoms with van der Waals surface area (Å²) in [5.41, 5.74) is -1.77. The number of aliphatic hydroxyl groups is 1. The van der Waals surface area contributed by atoms with E-state index in [1.807, 2.05) is 0 Å². The van der Waals surface area contributed by atoms with Gasteiger partial charge >= 0.3 is 6.18 Å². The second kappa shape index (κ2) is 10.1. The monoisotopic (exact) mass is 462 g/mol. The van der Waals surface area contributed by atoms with Crippen molar-refractivity contribution in [3.63, 3.8) is 0 Å². The molecule has 0 spiro atoms. The second-order valence-corrected chi connectivity index (χ2v) is 8.28. The number of likely N-dealkylation sites (tertiary alicyclic amines) is 1. The molecule has 1 aromatic rings. The van der Waals surface area contributed by atoms with E-state index >= 15 is 0 Å². The number of carbonyl (C=O) groups excluding carboxylic acids is 1. The summed E-state index contributed by atoms with van der Waals surface area (Å²) >= 11 is 0. The molecule has 178 valence electrons. The van der Waals surface area contributed by atoms with Crippen LogP contribution in [-0.2, 0) is 15.7 Å². The number of hydrogen-bond acceptors (Lipinski definition) is 5. The Morgan fingerprint density at radius 1 is 1.12 bits per heavy atom. The lowest BCUT2D eigenvalue weighted by atomic mass is 9.77. The van der Waals surface area contributed by atoms with E-state index in [1.165, 1.54) is 4.90 Å². The molecule has 3 fully saturated rings. The molecule has 1 aliphatic carbocycles. The fourth-order valence-electron chi connectivity index (χ4n) is 4.98. The molecule has 4 rings (SSSR count). The van der Waals surface area contributed by atoms with Gasteiger partial charge in [-0.1, -0.05) is 0 Å². The molecule has 2 saturated heterocycles. The number of fused-ring (bicyclic) bond motifs is 1. The smallest absolute Gasteiger partial charge is 0.417 e. The van der Waals surface area contributed by atoms with E-state index in [4.69, 9.17) is 14.6 Å². The Balaban J connectivity index is 0.000000913. The van der Waals surface area contributed by atoms with Crippen LogP contribution in [0.2, 0.25) is 0 Å². The van der Waals surface area contributed by atoms with E-state index in [-0.39, 0.29) is 24.3 Å². The van der Waals surface area contributed by atoms with E-state index < -0.39 is 35.1 Å². The van der Waals surface area contributed by atoms with Crippen LogP contribution < -0.4 is 0 Å². The van der Waals surface area contributed by atoms with Gasteiger partial charge in [0.05, 0.1) is 30.4 Å². The lowest BCUT2D eigenvalue weighted by Crippen LogP contribution is -2.53. The van der Waals surface area contributed by atoms with Crippen LogP contribution >= 0.6 is 0 Å². The maximum atomic E-state index is 13.4. The van der Waals surface area contributed by atoms with E-state index in [0.717, 1.165) is 25.2 Å². The zero-order valence-electron chi connectivity index (χ0n) is 17.3. The minimum Gasteiger partial charge on any atom is -0.483 e. The Labute approximate surface area is 182 Å². The quantitative estimate of drug-likeness (QED) is 0.517. The molecule has 1 amide bonds. The molecular weight excluding hydrogens is 436 g/mol. The Morgan fingerprint density at radius 2 is 1.72 bits per heavy atom. The van der Waals surface area contributed by atoms with Crippen molar-refractivity contribution in [1.29, 1.82) is 0 Å². The molecule has 2 N–H and O–H groups in total. The third-order valence-corrected chi connectivity index (χ3v) is 6.43. The third kappa shape index (κ3) is 5.38. The Kier molecular flexibility index (Phi) is 7.73. The number of alkyl halides is 3. The minimum absolute atomic E-state index is 0.0215. The van der Waals surface area contributed by atoms with Crippen LogP contribution in [-0.4, -0.2) is 83.9 Å². The lowest BCUT2D eigenvalue weighted by Gasteiger charge is -2.43. The fraction of sp³-hybridized carbons (Fsp3) is 0.619. The number of carboxylic acid groups (broad SMARTS) is 1. The Bertz CT molecular complexity index is 816. The summed E-state index contributed by atoms with van der Waals surface area (Å²) in [6.07, 6.45) is -4.12. The number of morpholine rings is 1. The van der Waals surface area contributed by atoms with Crippen LogP contribution in [0.4, 0.5) is 17.6 Å². The van der Waals surface area contributed by atoms with Crippen molar-refractivity contribution >= 4 is 12.4 Å². The molecule has 2 aliphatic heterocycles. The van der Waals surface area contributed by atoms with Crippen molar-refractivity contribution in [3.8, 4) is 0 Å². The maximum absolute atomic E-state index is 13.4. The van der Waals surface area contributed by atoms with Crippen LogP contribution in [0.5, 0.6) is 0 Å². The summed E-state index contributed by atoms with van der Waals surface area (Å²) in [6, 6.07) is 2.14. The molecule has 2 heterocycles. The summed E-state index contributed by atoms with van der Waals surface area (Å²) in [4.78, 5) is 24.8. The van der Waals surface area contributed by atoms with Gasteiger partial charge < -0.3 is 19.8 Å². The first-order chi connectivity index (χ1) is 15.2. The van der Waals surface area contributed by atoms with Gasteiger partial charge in [-0.05, 0) is 42.9 Å². The average Bonchev–Trinajstić information content (AvgIpc) is 3.16. The van der Waals surface area contributed by atoms with Gasteiger partial charge in [-0.2, -0.15) is 13.2 Å². The lowest BCUT2D eigenvalue weighted by molar-refractivity contribution is -0.138. The molecule has 0 bridgehead atoms. The van der Waals surface area contributed by atoms with Gasteiger partial charge in [0.2, 0.25) is 0 Å². The predicted molar refractivity (Wildman–Crippen MR) is 104 cm³/mol. The van der Waals surface area contributed by atoms with Crippen molar-refractivity contribution in [3.05, 3.63) is 35.1 Å². The van der Waals surface area contributed by atoms with Crippen molar-refractivity contribution in [2.24, 2.45) is 11.8 Å². The van der Waals surface area contributed by atoms with Crippen molar-refractivity contribution in [1.82, 2.24) is 9.80 Å². The molecule has 3 aliphatic rings. The van der Waals surface area contributed by atoms with Gasteiger partial charge in [-0.3, -0.25) is 14.5 Å². The molecule has 1 saturated carbocycles. The zero-order valence-corrected chi connectivity index (χ0v) is 17.3.